The summed E-state index contributed by atoms with van der Waals surface area (Å²) in [6.07, 6.45) is 7.60. The van der Waals surface area contributed by atoms with Crippen molar-refractivity contribution in [2.75, 3.05) is 13.1 Å². The highest BCUT2D eigenvalue weighted by Gasteiger charge is 2.28. The van der Waals surface area contributed by atoms with Crippen LogP contribution in [0.1, 0.15) is 31.7 Å². The number of fused-ring (bicyclic) bond motifs is 1. The molecule has 0 radical (unpaired) electrons. The first kappa shape index (κ1) is 15.5. The minimum absolute atomic E-state index is 0.0696. The van der Waals surface area contributed by atoms with Gasteiger partial charge < -0.3 is 9.64 Å². The molecule has 1 aromatic rings. The van der Waals surface area contributed by atoms with E-state index in [9.17, 15) is 4.79 Å². The van der Waals surface area contributed by atoms with Crippen LogP contribution < -0.4 is 4.74 Å². The minimum Gasteiger partial charge on any atom is -0.485 e. The molecule has 24 heavy (non-hydrogen) atoms. The lowest BCUT2D eigenvalue weighted by atomic mass is 10.0. The van der Waals surface area contributed by atoms with Crippen LogP contribution in [0, 0.1) is 0 Å². The average molecular weight is 340 g/mol. The van der Waals surface area contributed by atoms with E-state index >= 15 is 0 Å². The van der Waals surface area contributed by atoms with Gasteiger partial charge in [0.2, 0.25) is 0 Å². The van der Waals surface area contributed by atoms with E-state index in [1.165, 1.54) is 31.0 Å². The third-order valence-electron chi connectivity index (χ3n) is 4.55. The highest BCUT2D eigenvalue weighted by molar-refractivity contribution is 8.18. The molecule has 3 aliphatic rings. The Hall–Kier alpha value is -2.01. The molecule has 124 valence electrons. The van der Waals surface area contributed by atoms with E-state index in [2.05, 4.69) is 16.0 Å². The van der Waals surface area contributed by atoms with E-state index in [4.69, 9.17) is 4.74 Å². The standard InChI is InChI=1S/C19H20N2O2S/c1-13-15(11-14-7-3-4-8-16(14)23-13)12-17-18(22)20-19(24-17)21-9-5-2-6-10-21/h3-4,7-8,11-13H,2,5-6,9-10H2,1H3. The molecule has 4 rings (SSSR count). The number of hydrogen-bond acceptors (Lipinski definition) is 4. The average Bonchev–Trinajstić information content (AvgIpc) is 2.97. The van der Waals surface area contributed by atoms with Crippen molar-refractivity contribution in [1.82, 2.24) is 4.90 Å². The molecular weight excluding hydrogens is 320 g/mol. The first-order valence-electron chi connectivity index (χ1n) is 8.45. The molecule has 1 amide bonds. The van der Waals surface area contributed by atoms with Crippen LogP contribution >= 0.6 is 11.8 Å². The summed E-state index contributed by atoms with van der Waals surface area (Å²) in [4.78, 5) is 19.5. The van der Waals surface area contributed by atoms with E-state index in [1.54, 1.807) is 0 Å². The van der Waals surface area contributed by atoms with Gasteiger partial charge in [-0.2, -0.15) is 4.99 Å². The lowest BCUT2D eigenvalue weighted by Gasteiger charge is -2.27. The van der Waals surface area contributed by atoms with Gasteiger partial charge in [-0.3, -0.25) is 4.79 Å². The zero-order chi connectivity index (χ0) is 16.5. The van der Waals surface area contributed by atoms with Crippen LogP contribution in [0.25, 0.3) is 6.08 Å². The second-order valence-corrected chi connectivity index (χ2v) is 7.31. The molecule has 5 heteroatoms. The van der Waals surface area contributed by atoms with Crippen molar-refractivity contribution in [1.29, 1.82) is 0 Å². The number of carbonyl (C=O) groups excluding carboxylic acids is 1. The quantitative estimate of drug-likeness (QED) is 0.728. The van der Waals surface area contributed by atoms with Crippen molar-refractivity contribution >= 4 is 28.9 Å². The van der Waals surface area contributed by atoms with E-state index in [0.29, 0.717) is 4.91 Å². The number of rotatable bonds is 1. The molecule has 0 bridgehead atoms. The van der Waals surface area contributed by atoms with Gasteiger partial charge in [0, 0.05) is 18.7 Å². The maximum atomic E-state index is 12.3. The molecule has 0 saturated carbocycles. The first-order chi connectivity index (χ1) is 11.7. The Kier molecular flexibility index (Phi) is 4.19. The Morgan fingerprint density at radius 2 is 2.04 bits per heavy atom. The Bertz CT molecular complexity index is 760. The Morgan fingerprint density at radius 1 is 1.25 bits per heavy atom. The van der Waals surface area contributed by atoms with Gasteiger partial charge in [-0.1, -0.05) is 18.2 Å². The van der Waals surface area contributed by atoms with Gasteiger partial charge in [0.25, 0.3) is 5.91 Å². The molecule has 1 atom stereocenters. The highest BCUT2D eigenvalue weighted by atomic mass is 32.2. The Labute approximate surface area is 146 Å². The van der Waals surface area contributed by atoms with Gasteiger partial charge in [-0.05, 0) is 61.7 Å². The number of amidine groups is 1. The van der Waals surface area contributed by atoms with Crippen molar-refractivity contribution in [3.8, 4) is 5.75 Å². The number of hydrogen-bond donors (Lipinski definition) is 0. The van der Waals surface area contributed by atoms with Crippen LogP contribution in [-0.2, 0) is 4.79 Å². The predicted molar refractivity (Wildman–Crippen MR) is 98.0 cm³/mol. The van der Waals surface area contributed by atoms with Crippen LogP contribution in [0.5, 0.6) is 5.75 Å². The molecule has 0 N–H and O–H groups in total. The molecule has 1 unspecified atom stereocenters. The van der Waals surface area contributed by atoms with Gasteiger partial charge in [-0.25, -0.2) is 0 Å². The number of thioether (sulfide) groups is 1. The normalized spacial score (nSPS) is 25.2. The van der Waals surface area contributed by atoms with Crippen molar-refractivity contribution in [2.45, 2.75) is 32.3 Å². The lowest BCUT2D eigenvalue weighted by Crippen LogP contribution is -2.33. The number of likely N-dealkylation sites (tertiary alicyclic amines) is 1. The summed E-state index contributed by atoms with van der Waals surface area (Å²) < 4.78 is 5.95. The van der Waals surface area contributed by atoms with Crippen LogP contribution in [0.2, 0.25) is 0 Å². The number of para-hydroxylation sites is 1. The van der Waals surface area contributed by atoms with Crippen molar-refractivity contribution in [2.24, 2.45) is 4.99 Å². The highest BCUT2D eigenvalue weighted by Crippen LogP contribution is 2.34. The van der Waals surface area contributed by atoms with Gasteiger partial charge in [0.15, 0.2) is 5.17 Å². The summed E-state index contributed by atoms with van der Waals surface area (Å²) in [6.45, 7) is 4.01. The first-order valence-corrected chi connectivity index (χ1v) is 9.27. The summed E-state index contributed by atoms with van der Waals surface area (Å²) >= 11 is 1.49. The summed E-state index contributed by atoms with van der Waals surface area (Å²) in [5.74, 6) is 0.760. The number of benzene rings is 1. The van der Waals surface area contributed by atoms with Gasteiger partial charge in [0.05, 0.1) is 4.91 Å². The van der Waals surface area contributed by atoms with Crippen LogP contribution in [0.15, 0.2) is 45.8 Å². The topological polar surface area (TPSA) is 41.9 Å². The van der Waals surface area contributed by atoms with Crippen molar-refractivity contribution in [3.63, 3.8) is 0 Å². The van der Waals surface area contributed by atoms with E-state index < -0.39 is 0 Å². The monoisotopic (exact) mass is 340 g/mol. The molecule has 4 nitrogen and oxygen atoms in total. The second-order valence-electron chi connectivity index (χ2n) is 6.30. The van der Waals surface area contributed by atoms with Crippen molar-refractivity contribution < 1.29 is 9.53 Å². The molecular formula is C19H20N2O2S. The Balaban J connectivity index is 1.56. The van der Waals surface area contributed by atoms with Crippen LogP contribution in [-0.4, -0.2) is 35.2 Å². The smallest absolute Gasteiger partial charge is 0.286 e. The summed E-state index contributed by atoms with van der Waals surface area (Å²) in [5, 5.41) is 0.858. The maximum Gasteiger partial charge on any atom is 0.286 e. The maximum absolute atomic E-state index is 12.3. The zero-order valence-electron chi connectivity index (χ0n) is 13.7. The largest absolute Gasteiger partial charge is 0.485 e. The summed E-state index contributed by atoms with van der Waals surface area (Å²) in [7, 11) is 0. The number of ether oxygens (including phenoxy) is 1. The number of piperidine rings is 1. The van der Waals surface area contributed by atoms with Crippen LogP contribution in [0.3, 0.4) is 0 Å². The van der Waals surface area contributed by atoms with Crippen LogP contribution in [0.4, 0.5) is 0 Å². The number of aliphatic imine (C=N–C) groups is 1. The molecule has 0 aromatic heterocycles. The molecule has 0 aliphatic carbocycles. The van der Waals surface area contributed by atoms with E-state index in [-0.39, 0.29) is 12.0 Å². The van der Waals surface area contributed by atoms with Gasteiger partial charge >= 0.3 is 0 Å². The second kappa shape index (κ2) is 6.48. The summed E-state index contributed by atoms with van der Waals surface area (Å²) in [5.41, 5.74) is 2.06. The summed E-state index contributed by atoms with van der Waals surface area (Å²) in [6, 6.07) is 7.96. The predicted octanol–water partition coefficient (Wildman–Crippen LogP) is 3.85. The fourth-order valence-corrected chi connectivity index (χ4v) is 4.16. The number of carbonyl (C=O) groups is 1. The SMILES string of the molecule is CC1Oc2ccccc2C=C1C=C1SC(N2CCCCC2)=NC1=O. The third-order valence-corrected chi connectivity index (χ3v) is 5.59. The molecule has 1 aromatic carbocycles. The number of amides is 1. The Morgan fingerprint density at radius 3 is 2.88 bits per heavy atom. The molecule has 1 saturated heterocycles. The fraction of sp³-hybridized carbons (Fsp3) is 0.368. The molecule has 1 fully saturated rings. The fourth-order valence-electron chi connectivity index (χ4n) is 3.19. The van der Waals surface area contributed by atoms with E-state index in [1.807, 2.05) is 37.3 Å². The van der Waals surface area contributed by atoms with E-state index in [0.717, 1.165) is 35.1 Å². The molecule has 3 heterocycles. The lowest BCUT2D eigenvalue weighted by molar-refractivity contribution is -0.113. The molecule has 0 spiro atoms. The van der Waals surface area contributed by atoms with Gasteiger partial charge in [0.1, 0.15) is 11.9 Å². The van der Waals surface area contributed by atoms with Gasteiger partial charge in [-0.15, -0.1) is 0 Å². The third kappa shape index (κ3) is 3.00. The zero-order valence-corrected chi connectivity index (χ0v) is 14.5. The van der Waals surface area contributed by atoms with Crippen molar-refractivity contribution in [3.05, 3.63) is 46.4 Å². The molecule has 3 aliphatic heterocycles. The minimum atomic E-state index is -0.132. The number of nitrogens with zero attached hydrogens (tertiary/aromatic N) is 2.